The summed E-state index contributed by atoms with van der Waals surface area (Å²) >= 11 is 0. The molecular weight excluding hydrogens is 431 g/mol. The summed E-state index contributed by atoms with van der Waals surface area (Å²) in [5.41, 5.74) is 5.92. The van der Waals surface area contributed by atoms with Crippen LogP contribution in [0, 0.1) is 11.3 Å². The van der Waals surface area contributed by atoms with Gasteiger partial charge in [-0.05, 0) is 36.8 Å². The number of anilines is 1. The molecule has 0 aliphatic carbocycles. The Hall–Kier alpha value is -3.45. The van der Waals surface area contributed by atoms with Crippen molar-refractivity contribution in [1.82, 2.24) is 0 Å². The minimum Gasteiger partial charge on any atom is -0.439 e. The molecule has 2 aromatic rings. The van der Waals surface area contributed by atoms with E-state index in [-0.39, 0.29) is 34.2 Å². The zero-order valence-corrected chi connectivity index (χ0v) is 17.0. The average molecular weight is 447 g/mol. The lowest BCUT2D eigenvalue weighted by Crippen LogP contribution is -2.39. The fraction of sp³-hybridized carbons (Fsp3) is 0.190. The van der Waals surface area contributed by atoms with Gasteiger partial charge in [-0.2, -0.15) is 18.4 Å². The summed E-state index contributed by atoms with van der Waals surface area (Å²) in [6.45, 7) is 1.77. The number of fused-ring (bicyclic) bond motifs is 2. The first-order valence-electron chi connectivity index (χ1n) is 9.22. The molecule has 2 aliphatic rings. The topological polar surface area (TPSA) is 96.4 Å². The van der Waals surface area contributed by atoms with Crippen molar-refractivity contribution in [3.63, 3.8) is 0 Å². The van der Waals surface area contributed by atoms with Gasteiger partial charge in [-0.15, -0.1) is 0 Å². The molecule has 0 radical (unpaired) electrons. The van der Waals surface area contributed by atoms with Gasteiger partial charge in [0.1, 0.15) is 16.5 Å². The van der Waals surface area contributed by atoms with Crippen molar-refractivity contribution in [2.24, 2.45) is 5.73 Å². The summed E-state index contributed by atoms with van der Waals surface area (Å²) in [6.07, 6.45) is -4.56. The summed E-state index contributed by atoms with van der Waals surface area (Å²) in [5, 5.41) is 9.68. The molecule has 2 aromatic carbocycles. The Balaban J connectivity index is 2.00. The minimum absolute atomic E-state index is 0.0262. The largest absolute Gasteiger partial charge is 0.439 e. The molecule has 0 aromatic heterocycles. The molecule has 2 aliphatic heterocycles. The van der Waals surface area contributed by atoms with E-state index >= 15 is 0 Å². The van der Waals surface area contributed by atoms with Crippen molar-refractivity contribution in [2.45, 2.75) is 19.0 Å². The molecule has 0 spiro atoms. The fourth-order valence-electron chi connectivity index (χ4n) is 3.85. The van der Waals surface area contributed by atoms with Crippen LogP contribution in [0.5, 0.6) is 0 Å². The predicted octanol–water partition coefficient (Wildman–Crippen LogP) is 4.05. The Morgan fingerprint density at radius 2 is 1.81 bits per heavy atom. The number of sulfonamides is 1. The molecule has 0 amide bonds. The van der Waals surface area contributed by atoms with E-state index in [1.54, 1.807) is 31.2 Å². The number of nitrogens with zero attached hydrogens (tertiary/aromatic N) is 2. The maximum atomic E-state index is 13.6. The Bertz CT molecular complexity index is 1270. The first-order valence-corrected chi connectivity index (χ1v) is 10.7. The van der Waals surface area contributed by atoms with Crippen LogP contribution in [0.3, 0.4) is 0 Å². The second-order valence-electron chi connectivity index (χ2n) is 6.92. The Morgan fingerprint density at radius 1 is 1.16 bits per heavy atom. The van der Waals surface area contributed by atoms with Crippen molar-refractivity contribution >= 4 is 21.5 Å². The van der Waals surface area contributed by atoms with Crippen molar-refractivity contribution in [3.8, 4) is 6.07 Å². The third-order valence-corrected chi connectivity index (χ3v) is 7.23. The molecule has 4 rings (SSSR count). The monoisotopic (exact) mass is 447 g/mol. The Kier molecular flexibility index (Phi) is 4.74. The predicted molar refractivity (Wildman–Crippen MR) is 107 cm³/mol. The molecule has 2 heterocycles. The number of benzene rings is 2. The standard InChI is InChI=1S/C21H16F3N3O3S/c1-2-27-16-6-4-3-5-14(16)18-19(31(27,28)29)17(15(11-25)20(26)30-18)12-7-9-13(10-8-12)21(22,23)24/h3-10,17H,2,26H2,1H3. The molecule has 31 heavy (non-hydrogen) atoms. The molecule has 2 N–H and O–H groups in total. The van der Waals surface area contributed by atoms with E-state index in [4.69, 9.17) is 10.5 Å². The van der Waals surface area contributed by atoms with Gasteiger partial charge in [0.25, 0.3) is 10.0 Å². The van der Waals surface area contributed by atoms with Crippen LogP contribution < -0.4 is 10.0 Å². The Labute approximate surface area is 176 Å². The number of halogens is 3. The first-order chi connectivity index (χ1) is 14.6. The highest BCUT2D eigenvalue weighted by molar-refractivity contribution is 7.97. The maximum Gasteiger partial charge on any atom is 0.416 e. The molecule has 10 heteroatoms. The van der Waals surface area contributed by atoms with Crippen molar-refractivity contribution in [3.05, 3.63) is 81.6 Å². The number of alkyl halides is 3. The molecule has 1 unspecified atom stereocenters. The molecule has 0 bridgehead atoms. The van der Waals surface area contributed by atoms with Gasteiger partial charge in [0.05, 0.1) is 17.2 Å². The fourth-order valence-corrected chi connectivity index (χ4v) is 5.78. The number of rotatable bonds is 2. The zero-order chi connectivity index (χ0) is 22.6. The van der Waals surface area contributed by atoms with Crippen LogP contribution in [0.2, 0.25) is 0 Å². The van der Waals surface area contributed by atoms with E-state index in [9.17, 15) is 26.9 Å². The van der Waals surface area contributed by atoms with Gasteiger partial charge >= 0.3 is 6.18 Å². The first kappa shape index (κ1) is 20.8. The lowest BCUT2D eigenvalue weighted by Gasteiger charge is -2.37. The van der Waals surface area contributed by atoms with Crippen LogP contribution in [0.25, 0.3) is 5.76 Å². The number of nitrogens with two attached hydrogens (primary N) is 1. The number of hydrogen-bond acceptors (Lipinski definition) is 5. The van der Waals surface area contributed by atoms with Crippen LogP contribution in [0.15, 0.2) is 64.9 Å². The van der Waals surface area contributed by atoms with Gasteiger partial charge in [0, 0.05) is 12.1 Å². The highest BCUT2D eigenvalue weighted by Crippen LogP contribution is 2.50. The molecular formula is C21H16F3N3O3S. The van der Waals surface area contributed by atoms with Gasteiger partial charge in [-0.1, -0.05) is 24.3 Å². The molecule has 6 nitrogen and oxygen atoms in total. The number of ether oxygens (including phenoxy) is 1. The van der Waals surface area contributed by atoms with Gasteiger partial charge in [-0.25, -0.2) is 8.42 Å². The normalized spacial score (nSPS) is 20.0. The van der Waals surface area contributed by atoms with Crippen LogP contribution in [-0.4, -0.2) is 15.0 Å². The van der Waals surface area contributed by atoms with Gasteiger partial charge in [-0.3, -0.25) is 4.31 Å². The lowest BCUT2D eigenvalue weighted by atomic mass is 9.88. The summed E-state index contributed by atoms with van der Waals surface area (Å²) < 4.78 is 72.9. The van der Waals surface area contributed by atoms with Crippen molar-refractivity contribution in [1.29, 1.82) is 5.26 Å². The van der Waals surface area contributed by atoms with Crippen LogP contribution in [0.1, 0.15) is 29.5 Å². The molecule has 0 saturated carbocycles. The lowest BCUT2D eigenvalue weighted by molar-refractivity contribution is -0.137. The summed E-state index contributed by atoms with van der Waals surface area (Å²) in [6, 6.07) is 12.5. The van der Waals surface area contributed by atoms with Crippen LogP contribution in [0.4, 0.5) is 18.9 Å². The smallest absolute Gasteiger partial charge is 0.416 e. The zero-order valence-electron chi connectivity index (χ0n) is 16.1. The SMILES string of the molecule is CCN1c2ccccc2C2=C(C(c3ccc(C(F)(F)F)cc3)C(C#N)=C(N)O2)S1(=O)=O. The summed E-state index contributed by atoms with van der Waals surface area (Å²) in [4.78, 5) is -0.224. The van der Waals surface area contributed by atoms with Crippen LogP contribution >= 0.6 is 0 Å². The third kappa shape index (κ3) is 3.13. The Morgan fingerprint density at radius 3 is 2.39 bits per heavy atom. The van der Waals surface area contributed by atoms with Crippen LogP contribution in [-0.2, 0) is 20.9 Å². The highest BCUT2D eigenvalue weighted by Gasteiger charge is 2.46. The second-order valence-corrected chi connectivity index (χ2v) is 8.76. The summed E-state index contributed by atoms with van der Waals surface area (Å²) in [5.74, 6) is -1.52. The molecule has 1 atom stereocenters. The quantitative estimate of drug-likeness (QED) is 0.749. The number of allylic oxidation sites excluding steroid dienone is 2. The van der Waals surface area contributed by atoms with E-state index in [1.165, 1.54) is 4.31 Å². The van der Waals surface area contributed by atoms with E-state index in [0.717, 1.165) is 24.3 Å². The summed E-state index contributed by atoms with van der Waals surface area (Å²) in [7, 11) is -4.17. The van der Waals surface area contributed by atoms with E-state index < -0.39 is 27.7 Å². The minimum atomic E-state index is -4.56. The van der Waals surface area contributed by atoms with Gasteiger partial charge in [0.15, 0.2) is 5.76 Å². The van der Waals surface area contributed by atoms with E-state index in [0.29, 0.717) is 11.3 Å². The number of nitriles is 1. The average Bonchev–Trinajstić information content (AvgIpc) is 2.72. The molecule has 0 fully saturated rings. The maximum absolute atomic E-state index is 13.6. The third-order valence-electron chi connectivity index (χ3n) is 5.22. The van der Waals surface area contributed by atoms with Crippen molar-refractivity contribution in [2.75, 3.05) is 10.8 Å². The van der Waals surface area contributed by atoms with Gasteiger partial charge in [0.2, 0.25) is 5.88 Å². The van der Waals surface area contributed by atoms with Crippen molar-refractivity contribution < 1.29 is 26.3 Å². The van der Waals surface area contributed by atoms with Gasteiger partial charge < -0.3 is 10.5 Å². The molecule has 0 saturated heterocycles. The number of para-hydroxylation sites is 1. The van der Waals surface area contributed by atoms with E-state index in [1.807, 2.05) is 6.07 Å². The second kappa shape index (κ2) is 7.06. The van der Waals surface area contributed by atoms with E-state index in [2.05, 4.69) is 0 Å². The molecule has 160 valence electrons. The number of hydrogen-bond donors (Lipinski definition) is 1. The highest BCUT2D eigenvalue weighted by atomic mass is 32.2.